The maximum absolute atomic E-state index is 11.2. The normalized spacial score (nSPS) is 14.6. The predicted octanol–water partition coefficient (Wildman–Crippen LogP) is 2.27. The number of carbonyl (C=O) groups is 1. The van der Waals surface area contributed by atoms with Crippen LogP contribution in [-0.2, 0) is 11.2 Å². The van der Waals surface area contributed by atoms with Crippen LogP contribution in [0.2, 0.25) is 0 Å². The maximum Gasteiger partial charge on any atom is 0.224 e. The topological polar surface area (TPSA) is 55.1 Å². The second kappa shape index (κ2) is 4.14. The van der Waals surface area contributed by atoms with Crippen molar-refractivity contribution >= 4 is 29.0 Å². The van der Waals surface area contributed by atoms with Gasteiger partial charge in [0.1, 0.15) is 0 Å². The van der Waals surface area contributed by atoms with E-state index in [0.717, 1.165) is 34.0 Å². The quantitative estimate of drug-likeness (QED) is 0.596. The first kappa shape index (κ1) is 10.4. The lowest BCUT2D eigenvalue weighted by molar-refractivity contribution is -0.116. The summed E-state index contributed by atoms with van der Waals surface area (Å²) >= 11 is 1.70. The molecule has 0 bridgehead atoms. The largest absolute Gasteiger partial charge is 0.398 e. The fourth-order valence-electron chi connectivity index (χ4n) is 1.71. The molecule has 1 aliphatic rings. The molecule has 0 atom stereocenters. The molecule has 0 spiro atoms. The monoisotopic (exact) mass is 222 g/mol. The number of fused-ring (bicyclic) bond motifs is 1. The van der Waals surface area contributed by atoms with Gasteiger partial charge in [-0.25, -0.2) is 0 Å². The van der Waals surface area contributed by atoms with Gasteiger partial charge in [-0.2, -0.15) is 0 Å². The number of anilines is 2. The highest BCUT2D eigenvalue weighted by molar-refractivity contribution is 7.99. The molecular formula is C11H14N2OS. The van der Waals surface area contributed by atoms with Crippen LogP contribution in [0.4, 0.5) is 11.4 Å². The molecular weight excluding hydrogens is 208 g/mol. The Morgan fingerprint density at radius 3 is 3.00 bits per heavy atom. The summed E-state index contributed by atoms with van der Waals surface area (Å²) < 4.78 is 0. The van der Waals surface area contributed by atoms with Crippen LogP contribution in [-0.4, -0.2) is 11.7 Å². The molecule has 0 radical (unpaired) electrons. The van der Waals surface area contributed by atoms with Gasteiger partial charge < -0.3 is 11.1 Å². The molecule has 0 unspecified atom stereocenters. The van der Waals surface area contributed by atoms with E-state index in [0.29, 0.717) is 6.42 Å². The van der Waals surface area contributed by atoms with Crippen molar-refractivity contribution in [2.45, 2.75) is 24.7 Å². The van der Waals surface area contributed by atoms with E-state index in [1.165, 1.54) is 0 Å². The van der Waals surface area contributed by atoms with Gasteiger partial charge in [0, 0.05) is 22.7 Å². The van der Waals surface area contributed by atoms with Crippen LogP contribution < -0.4 is 11.1 Å². The first-order valence-electron chi connectivity index (χ1n) is 5.05. The second-order valence-electron chi connectivity index (χ2n) is 3.53. The molecule has 0 saturated heterocycles. The molecule has 1 amide bonds. The number of carbonyl (C=O) groups excluding carboxylic acids is 1. The highest BCUT2D eigenvalue weighted by Crippen LogP contribution is 2.33. The number of nitrogens with one attached hydrogen (secondary N) is 1. The van der Waals surface area contributed by atoms with Gasteiger partial charge in [-0.05, 0) is 29.9 Å². The van der Waals surface area contributed by atoms with Gasteiger partial charge in [0.05, 0.1) is 0 Å². The number of aryl methyl sites for hydroxylation is 1. The van der Waals surface area contributed by atoms with Crippen molar-refractivity contribution in [3.8, 4) is 0 Å². The molecule has 1 heterocycles. The molecule has 0 fully saturated rings. The fraction of sp³-hybridized carbons (Fsp3) is 0.364. The average Bonchev–Trinajstić information content (AvgIpc) is 2.20. The van der Waals surface area contributed by atoms with Crippen molar-refractivity contribution in [3.05, 3.63) is 17.7 Å². The number of rotatable bonds is 2. The lowest BCUT2D eigenvalue weighted by atomic mass is 10.0. The van der Waals surface area contributed by atoms with E-state index < -0.39 is 0 Å². The predicted molar refractivity (Wildman–Crippen MR) is 64.2 cm³/mol. The summed E-state index contributed by atoms with van der Waals surface area (Å²) in [4.78, 5) is 12.3. The van der Waals surface area contributed by atoms with Crippen molar-refractivity contribution in [2.24, 2.45) is 0 Å². The lowest BCUT2D eigenvalue weighted by Crippen LogP contribution is -2.19. The Morgan fingerprint density at radius 1 is 1.47 bits per heavy atom. The van der Waals surface area contributed by atoms with E-state index in [9.17, 15) is 4.79 Å². The molecule has 3 nitrogen and oxygen atoms in total. The molecule has 0 aromatic heterocycles. The number of nitrogens with two attached hydrogens (primary N) is 1. The minimum atomic E-state index is 0.0970. The summed E-state index contributed by atoms with van der Waals surface area (Å²) in [7, 11) is 0. The number of hydrogen-bond donors (Lipinski definition) is 2. The maximum atomic E-state index is 11.2. The number of hydrogen-bond acceptors (Lipinski definition) is 3. The van der Waals surface area contributed by atoms with Crippen LogP contribution in [0.3, 0.4) is 0 Å². The summed E-state index contributed by atoms with van der Waals surface area (Å²) in [5.74, 6) is 1.08. The fourth-order valence-corrected chi connectivity index (χ4v) is 2.45. The summed E-state index contributed by atoms with van der Waals surface area (Å²) in [6, 6.07) is 3.96. The molecule has 3 N–H and O–H groups in total. The molecule has 0 aliphatic carbocycles. The molecule has 1 aliphatic heterocycles. The van der Waals surface area contributed by atoms with Crippen molar-refractivity contribution in [3.63, 3.8) is 0 Å². The zero-order valence-corrected chi connectivity index (χ0v) is 9.49. The Hall–Kier alpha value is -1.16. The van der Waals surface area contributed by atoms with Crippen molar-refractivity contribution in [2.75, 3.05) is 16.8 Å². The Balaban J connectivity index is 2.38. The van der Waals surface area contributed by atoms with Crippen LogP contribution in [0.5, 0.6) is 0 Å². The Kier molecular flexibility index (Phi) is 2.86. The molecule has 15 heavy (non-hydrogen) atoms. The first-order chi connectivity index (χ1) is 7.20. The van der Waals surface area contributed by atoms with Crippen molar-refractivity contribution < 1.29 is 4.79 Å². The average molecular weight is 222 g/mol. The van der Waals surface area contributed by atoms with E-state index in [-0.39, 0.29) is 5.91 Å². The lowest BCUT2D eigenvalue weighted by Gasteiger charge is -2.18. The standard InChI is InChI=1S/C11H14N2OS/c1-2-15-10-6-9-7(5-8(10)12)3-4-11(14)13-9/h5-6H,2-4,12H2,1H3,(H,13,14). The summed E-state index contributed by atoms with van der Waals surface area (Å²) in [5.41, 5.74) is 8.82. The third-order valence-corrected chi connectivity index (χ3v) is 3.38. The third kappa shape index (κ3) is 2.09. The number of benzene rings is 1. The van der Waals surface area contributed by atoms with Crippen LogP contribution in [0, 0.1) is 0 Å². The minimum Gasteiger partial charge on any atom is -0.398 e. The second-order valence-corrected chi connectivity index (χ2v) is 4.83. The van der Waals surface area contributed by atoms with Crippen LogP contribution in [0.15, 0.2) is 17.0 Å². The third-order valence-electron chi connectivity index (χ3n) is 2.43. The van der Waals surface area contributed by atoms with Gasteiger partial charge in [0.25, 0.3) is 0 Å². The van der Waals surface area contributed by atoms with Crippen LogP contribution >= 0.6 is 11.8 Å². The van der Waals surface area contributed by atoms with E-state index in [1.54, 1.807) is 11.8 Å². The molecule has 2 rings (SSSR count). The summed E-state index contributed by atoms with van der Waals surface area (Å²) in [6.07, 6.45) is 1.36. The highest BCUT2D eigenvalue weighted by atomic mass is 32.2. The van der Waals surface area contributed by atoms with E-state index in [4.69, 9.17) is 5.73 Å². The van der Waals surface area contributed by atoms with Gasteiger partial charge in [-0.1, -0.05) is 6.92 Å². The van der Waals surface area contributed by atoms with E-state index in [1.807, 2.05) is 12.1 Å². The SMILES string of the molecule is CCSc1cc2c(cc1N)CCC(=O)N2. The van der Waals surface area contributed by atoms with E-state index >= 15 is 0 Å². The zero-order chi connectivity index (χ0) is 10.8. The van der Waals surface area contributed by atoms with Gasteiger partial charge in [0.15, 0.2) is 0 Å². The van der Waals surface area contributed by atoms with Gasteiger partial charge in [0.2, 0.25) is 5.91 Å². The Bertz CT molecular complexity index is 404. The number of nitrogen functional groups attached to an aromatic ring is 1. The highest BCUT2D eigenvalue weighted by Gasteiger charge is 2.16. The zero-order valence-electron chi connectivity index (χ0n) is 8.67. The van der Waals surface area contributed by atoms with Gasteiger partial charge in [-0.3, -0.25) is 4.79 Å². The first-order valence-corrected chi connectivity index (χ1v) is 6.04. The smallest absolute Gasteiger partial charge is 0.224 e. The summed E-state index contributed by atoms with van der Waals surface area (Å²) in [6.45, 7) is 2.09. The van der Waals surface area contributed by atoms with Crippen LogP contribution in [0.25, 0.3) is 0 Å². The van der Waals surface area contributed by atoms with Crippen molar-refractivity contribution in [1.29, 1.82) is 0 Å². The molecule has 1 aromatic rings. The molecule has 80 valence electrons. The van der Waals surface area contributed by atoms with Crippen LogP contribution in [0.1, 0.15) is 18.9 Å². The molecule has 4 heteroatoms. The molecule has 0 saturated carbocycles. The van der Waals surface area contributed by atoms with Crippen molar-refractivity contribution in [1.82, 2.24) is 0 Å². The van der Waals surface area contributed by atoms with E-state index in [2.05, 4.69) is 12.2 Å². The number of thioether (sulfide) groups is 1. The Labute approximate surface area is 93.4 Å². The van der Waals surface area contributed by atoms with Gasteiger partial charge >= 0.3 is 0 Å². The Morgan fingerprint density at radius 2 is 2.27 bits per heavy atom. The minimum absolute atomic E-state index is 0.0970. The molecule has 1 aromatic carbocycles. The summed E-state index contributed by atoms with van der Waals surface area (Å²) in [5, 5.41) is 2.88. The van der Waals surface area contributed by atoms with Gasteiger partial charge in [-0.15, -0.1) is 11.8 Å². The number of amides is 1.